The number of rotatable bonds is 8. The highest BCUT2D eigenvalue weighted by molar-refractivity contribution is 5.31. The SMILES string of the molecule is C#CCCCCCCOc1ccc(OC)cc1. The summed E-state index contributed by atoms with van der Waals surface area (Å²) in [4.78, 5) is 0. The van der Waals surface area contributed by atoms with Crippen molar-refractivity contribution >= 4 is 0 Å². The zero-order chi connectivity index (χ0) is 12.3. The maximum atomic E-state index is 5.62. The van der Waals surface area contributed by atoms with Crippen LogP contribution < -0.4 is 9.47 Å². The molecule has 17 heavy (non-hydrogen) atoms. The molecule has 1 rings (SSSR count). The minimum absolute atomic E-state index is 0.766. The summed E-state index contributed by atoms with van der Waals surface area (Å²) in [5.74, 6) is 4.40. The molecule has 0 aliphatic rings. The average Bonchev–Trinajstić information content (AvgIpc) is 2.38. The molecule has 2 heteroatoms. The van der Waals surface area contributed by atoms with Crippen LogP contribution in [0.2, 0.25) is 0 Å². The van der Waals surface area contributed by atoms with Gasteiger partial charge in [0.15, 0.2) is 0 Å². The Morgan fingerprint density at radius 3 is 2.29 bits per heavy atom. The summed E-state index contributed by atoms with van der Waals surface area (Å²) in [6.07, 6.45) is 10.6. The molecule has 0 amide bonds. The molecular formula is C15H20O2. The second-order valence-corrected chi connectivity index (χ2v) is 3.89. The van der Waals surface area contributed by atoms with Gasteiger partial charge in [-0.3, -0.25) is 0 Å². The number of hydrogen-bond donors (Lipinski definition) is 0. The Morgan fingerprint density at radius 1 is 1.00 bits per heavy atom. The normalized spacial score (nSPS) is 9.65. The van der Waals surface area contributed by atoms with Crippen LogP contribution in [0.15, 0.2) is 24.3 Å². The number of ether oxygens (including phenoxy) is 2. The summed E-state index contributed by atoms with van der Waals surface area (Å²) in [5, 5.41) is 0. The lowest BCUT2D eigenvalue weighted by atomic mass is 10.1. The van der Waals surface area contributed by atoms with Crippen LogP contribution in [0.1, 0.15) is 32.1 Å². The van der Waals surface area contributed by atoms with Gasteiger partial charge >= 0.3 is 0 Å². The first-order valence-corrected chi connectivity index (χ1v) is 6.07. The Morgan fingerprint density at radius 2 is 1.65 bits per heavy atom. The van der Waals surface area contributed by atoms with Crippen LogP contribution in [0.5, 0.6) is 11.5 Å². The highest BCUT2D eigenvalue weighted by Crippen LogP contribution is 2.17. The second-order valence-electron chi connectivity index (χ2n) is 3.89. The second kappa shape index (κ2) is 8.52. The number of benzene rings is 1. The van der Waals surface area contributed by atoms with Gasteiger partial charge < -0.3 is 9.47 Å². The van der Waals surface area contributed by atoms with Crippen molar-refractivity contribution in [3.05, 3.63) is 24.3 Å². The maximum absolute atomic E-state index is 5.62. The lowest BCUT2D eigenvalue weighted by molar-refractivity contribution is 0.304. The monoisotopic (exact) mass is 232 g/mol. The molecule has 0 bridgehead atoms. The predicted octanol–water partition coefficient (Wildman–Crippen LogP) is 3.66. The molecule has 0 aliphatic heterocycles. The molecule has 0 spiro atoms. The summed E-state index contributed by atoms with van der Waals surface area (Å²) in [6, 6.07) is 7.67. The van der Waals surface area contributed by atoms with Gasteiger partial charge in [-0.1, -0.05) is 12.8 Å². The zero-order valence-electron chi connectivity index (χ0n) is 10.4. The number of terminal acetylenes is 1. The molecule has 1 aromatic rings. The third kappa shape index (κ3) is 5.87. The summed E-state index contributed by atoms with van der Waals surface area (Å²) in [5.41, 5.74) is 0. The van der Waals surface area contributed by atoms with Gasteiger partial charge in [-0.15, -0.1) is 12.3 Å². The van der Waals surface area contributed by atoms with Crippen molar-refractivity contribution in [2.45, 2.75) is 32.1 Å². The van der Waals surface area contributed by atoms with Crippen molar-refractivity contribution in [3.63, 3.8) is 0 Å². The number of methoxy groups -OCH3 is 1. The van der Waals surface area contributed by atoms with Crippen molar-refractivity contribution in [1.82, 2.24) is 0 Å². The van der Waals surface area contributed by atoms with E-state index in [-0.39, 0.29) is 0 Å². The van der Waals surface area contributed by atoms with E-state index in [0.29, 0.717) is 0 Å². The van der Waals surface area contributed by atoms with Gasteiger partial charge in [0.05, 0.1) is 13.7 Å². The smallest absolute Gasteiger partial charge is 0.119 e. The minimum atomic E-state index is 0.766. The van der Waals surface area contributed by atoms with Crippen molar-refractivity contribution < 1.29 is 9.47 Å². The Labute approximate surface area is 104 Å². The standard InChI is InChI=1S/C15H20O2/c1-3-4-5-6-7-8-13-17-15-11-9-14(16-2)10-12-15/h1,9-12H,4-8,13H2,2H3. The molecule has 0 heterocycles. The van der Waals surface area contributed by atoms with Crippen LogP contribution in [-0.2, 0) is 0 Å². The van der Waals surface area contributed by atoms with Crippen LogP contribution in [0.3, 0.4) is 0 Å². The quantitative estimate of drug-likeness (QED) is 0.503. The van der Waals surface area contributed by atoms with E-state index in [1.54, 1.807) is 7.11 Å². The molecule has 1 aromatic carbocycles. The van der Waals surface area contributed by atoms with Crippen LogP contribution >= 0.6 is 0 Å². The van der Waals surface area contributed by atoms with E-state index in [4.69, 9.17) is 15.9 Å². The predicted molar refractivity (Wildman–Crippen MR) is 70.4 cm³/mol. The van der Waals surface area contributed by atoms with Gasteiger partial charge in [-0.2, -0.15) is 0 Å². The molecule has 0 atom stereocenters. The fourth-order valence-electron chi connectivity index (χ4n) is 1.54. The lowest BCUT2D eigenvalue weighted by Gasteiger charge is -2.06. The van der Waals surface area contributed by atoms with E-state index in [2.05, 4.69) is 5.92 Å². The van der Waals surface area contributed by atoms with E-state index in [1.807, 2.05) is 24.3 Å². The number of unbranched alkanes of at least 4 members (excludes halogenated alkanes) is 4. The molecule has 0 unspecified atom stereocenters. The fraction of sp³-hybridized carbons (Fsp3) is 0.467. The average molecular weight is 232 g/mol. The van der Waals surface area contributed by atoms with E-state index in [1.165, 1.54) is 12.8 Å². The zero-order valence-corrected chi connectivity index (χ0v) is 10.4. The van der Waals surface area contributed by atoms with Crippen molar-refractivity contribution in [1.29, 1.82) is 0 Å². The highest BCUT2D eigenvalue weighted by Gasteiger charge is 1.95. The molecule has 0 aliphatic carbocycles. The largest absolute Gasteiger partial charge is 0.497 e. The summed E-state index contributed by atoms with van der Waals surface area (Å²) in [6.45, 7) is 0.766. The van der Waals surface area contributed by atoms with Gasteiger partial charge in [0.2, 0.25) is 0 Å². The van der Waals surface area contributed by atoms with Gasteiger partial charge in [0.25, 0.3) is 0 Å². The Balaban J connectivity index is 2.08. The van der Waals surface area contributed by atoms with Crippen molar-refractivity contribution in [2.24, 2.45) is 0 Å². The van der Waals surface area contributed by atoms with E-state index in [9.17, 15) is 0 Å². The Kier molecular flexibility index (Phi) is 6.74. The van der Waals surface area contributed by atoms with Crippen molar-refractivity contribution in [3.8, 4) is 23.8 Å². The Bertz CT molecular complexity index is 335. The van der Waals surface area contributed by atoms with E-state index < -0.39 is 0 Å². The van der Waals surface area contributed by atoms with Gasteiger partial charge in [0, 0.05) is 6.42 Å². The first-order valence-electron chi connectivity index (χ1n) is 6.07. The lowest BCUT2D eigenvalue weighted by Crippen LogP contribution is -1.97. The third-order valence-electron chi connectivity index (χ3n) is 2.54. The third-order valence-corrected chi connectivity index (χ3v) is 2.54. The van der Waals surface area contributed by atoms with Crippen LogP contribution in [0, 0.1) is 12.3 Å². The Hall–Kier alpha value is -1.62. The maximum Gasteiger partial charge on any atom is 0.119 e. The first-order chi connectivity index (χ1) is 8.36. The molecule has 0 saturated heterocycles. The van der Waals surface area contributed by atoms with Crippen LogP contribution in [0.25, 0.3) is 0 Å². The van der Waals surface area contributed by atoms with Crippen LogP contribution in [-0.4, -0.2) is 13.7 Å². The minimum Gasteiger partial charge on any atom is -0.497 e. The number of hydrogen-bond acceptors (Lipinski definition) is 2. The molecular weight excluding hydrogens is 212 g/mol. The molecule has 0 fully saturated rings. The summed E-state index contributed by atoms with van der Waals surface area (Å²) < 4.78 is 10.7. The highest BCUT2D eigenvalue weighted by atomic mass is 16.5. The molecule has 0 aromatic heterocycles. The fourth-order valence-corrected chi connectivity index (χ4v) is 1.54. The van der Waals surface area contributed by atoms with Crippen molar-refractivity contribution in [2.75, 3.05) is 13.7 Å². The van der Waals surface area contributed by atoms with E-state index >= 15 is 0 Å². The van der Waals surface area contributed by atoms with E-state index in [0.717, 1.165) is 37.4 Å². The molecule has 2 nitrogen and oxygen atoms in total. The summed E-state index contributed by atoms with van der Waals surface area (Å²) >= 11 is 0. The molecule has 0 saturated carbocycles. The van der Waals surface area contributed by atoms with Crippen LogP contribution in [0.4, 0.5) is 0 Å². The first kappa shape index (κ1) is 13.4. The molecule has 92 valence electrons. The van der Waals surface area contributed by atoms with Gasteiger partial charge in [-0.05, 0) is 37.1 Å². The molecule has 0 N–H and O–H groups in total. The van der Waals surface area contributed by atoms with Gasteiger partial charge in [0.1, 0.15) is 11.5 Å². The summed E-state index contributed by atoms with van der Waals surface area (Å²) in [7, 11) is 1.66. The topological polar surface area (TPSA) is 18.5 Å². The van der Waals surface area contributed by atoms with Gasteiger partial charge in [-0.25, -0.2) is 0 Å². The molecule has 0 radical (unpaired) electrons.